The van der Waals surface area contributed by atoms with Crippen molar-refractivity contribution in [2.45, 2.75) is 37.0 Å². The lowest BCUT2D eigenvalue weighted by molar-refractivity contribution is -0.120. The summed E-state index contributed by atoms with van der Waals surface area (Å²) in [5.74, 6) is -0.290. The van der Waals surface area contributed by atoms with Crippen molar-refractivity contribution in [1.29, 1.82) is 0 Å². The molecule has 1 amide bonds. The molecule has 1 heterocycles. The van der Waals surface area contributed by atoms with Crippen molar-refractivity contribution >= 4 is 33.2 Å². The highest BCUT2D eigenvalue weighted by atomic mass is 35.5. The zero-order valence-corrected chi connectivity index (χ0v) is 17.1. The molecule has 1 aliphatic heterocycles. The Morgan fingerprint density at radius 2 is 1.79 bits per heavy atom. The van der Waals surface area contributed by atoms with Crippen LogP contribution in [0, 0.1) is 5.92 Å². The Morgan fingerprint density at radius 1 is 1.04 bits per heavy atom. The summed E-state index contributed by atoms with van der Waals surface area (Å²) in [5.41, 5.74) is 3.07. The van der Waals surface area contributed by atoms with Crippen LogP contribution in [0.2, 0.25) is 5.02 Å². The van der Waals surface area contributed by atoms with Crippen molar-refractivity contribution in [1.82, 2.24) is 4.31 Å². The van der Waals surface area contributed by atoms with E-state index in [0.29, 0.717) is 41.5 Å². The largest absolute Gasteiger partial charge is 0.326 e. The molecule has 0 saturated carbocycles. The molecule has 0 unspecified atom stereocenters. The van der Waals surface area contributed by atoms with Crippen molar-refractivity contribution in [3.63, 3.8) is 0 Å². The maximum absolute atomic E-state index is 13.0. The number of benzene rings is 2. The van der Waals surface area contributed by atoms with Gasteiger partial charge in [0.2, 0.25) is 15.9 Å². The molecule has 1 saturated heterocycles. The Hall–Kier alpha value is -1.89. The van der Waals surface area contributed by atoms with Crippen molar-refractivity contribution in [2.75, 3.05) is 18.4 Å². The van der Waals surface area contributed by atoms with E-state index in [0.717, 1.165) is 24.8 Å². The van der Waals surface area contributed by atoms with Crippen LogP contribution in [0.15, 0.2) is 47.4 Å². The van der Waals surface area contributed by atoms with Gasteiger partial charge in [-0.3, -0.25) is 4.79 Å². The summed E-state index contributed by atoms with van der Waals surface area (Å²) in [6.07, 6.45) is 4.09. The molecule has 2 aliphatic rings. The van der Waals surface area contributed by atoms with Gasteiger partial charge in [0.15, 0.2) is 0 Å². The SMILES string of the molecule is O=C(Nc1cccc(Cl)c1)C1CCN(S(=O)(=O)c2ccc3c(c2)CCC3)CC1. The molecule has 1 N–H and O–H groups in total. The molecule has 1 fully saturated rings. The van der Waals surface area contributed by atoms with E-state index in [2.05, 4.69) is 5.32 Å². The van der Waals surface area contributed by atoms with Gasteiger partial charge >= 0.3 is 0 Å². The quantitative estimate of drug-likeness (QED) is 0.819. The standard InChI is InChI=1S/C21H23ClN2O3S/c22-18-5-2-6-19(14-18)23-21(25)16-9-11-24(12-10-16)28(26,27)20-8-7-15-3-1-4-17(15)13-20/h2,5-8,13-14,16H,1,3-4,9-12H2,(H,23,25). The number of sulfonamides is 1. The summed E-state index contributed by atoms with van der Waals surface area (Å²) < 4.78 is 27.5. The van der Waals surface area contributed by atoms with Crippen LogP contribution < -0.4 is 5.32 Å². The fraction of sp³-hybridized carbons (Fsp3) is 0.381. The highest BCUT2D eigenvalue weighted by Gasteiger charge is 2.32. The number of halogens is 1. The van der Waals surface area contributed by atoms with Gasteiger partial charge in [-0.2, -0.15) is 4.31 Å². The minimum Gasteiger partial charge on any atom is -0.326 e. The van der Waals surface area contributed by atoms with E-state index in [1.54, 1.807) is 30.3 Å². The topological polar surface area (TPSA) is 66.5 Å². The monoisotopic (exact) mass is 418 g/mol. The van der Waals surface area contributed by atoms with Crippen molar-refractivity contribution in [2.24, 2.45) is 5.92 Å². The van der Waals surface area contributed by atoms with Crippen LogP contribution in [0.5, 0.6) is 0 Å². The number of anilines is 1. The molecule has 0 radical (unpaired) electrons. The van der Waals surface area contributed by atoms with Crippen molar-refractivity contribution in [3.05, 3.63) is 58.6 Å². The highest BCUT2D eigenvalue weighted by molar-refractivity contribution is 7.89. The molecule has 28 heavy (non-hydrogen) atoms. The van der Waals surface area contributed by atoms with Crippen LogP contribution in [-0.2, 0) is 27.7 Å². The third-order valence-corrected chi connectivity index (χ3v) is 7.75. The number of carbonyl (C=O) groups excluding carboxylic acids is 1. The van der Waals surface area contributed by atoms with Gasteiger partial charge in [-0.1, -0.05) is 23.7 Å². The van der Waals surface area contributed by atoms with Crippen LogP contribution in [0.1, 0.15) is 30.4 Å². The predicted molar refractivity (Wildman–Crippen MR) is 110 cm³/mol. The number of hydrogen-bond donors (Lipinski definition) is 1. The zero-order chi connectivity index (χ0) is 19.7. The summed E-state index contributed by atoms with van der Waals surface area (Å²) in [6.45, 7) is 0.708. The van der Waals surface area contributed by atoms with Crippen molar-refractivity contribution < 1.29 is 13.2 Å². The summed E-state index contributed by atoms with van der Waals surface area (Å²) in [5, 5.41) is 3.44. The Balaban J connectivity index is 1.40. The molecule has 4 rings (SSSR count). The molecule has 2 aromatic carbocycles. The van der Waals surface area contributed by atoms with E-state index in [-0.39, 0.29) is 11.8 Å². The second-order valence-electron chi connectivity index (χ2n) is 7.46. The molecule has 7 heteroatoms. The van der Waals surface area contributed by atoms with E-state index in [9.17, 15) is 13.2 Å². The van der Waals surface area contributed by atoms with E-state index in [4.69, 9.17) is 11.6 Å². The van der Waals surface area contributed by atoms with Crippen molar-refractivity contribution in [3.8, 4) is 0 Å². The maximum atomic E-state index is 13.0. The number of aryl methyl sites for hydroxylation is 2. The molecule has 5 nitrogen and oxygen atoms in total. The predicted octanol–water partition coefficient (Wildman–Crippen LogP) is 3.87. The number of hydrogen-bond acceptors (Lipinski definition) is 3. The van der Waals surface area contributed by atoms with Gasteiger partial charge in [-0.05, 0) is 73.6 Å². The minimum absolute atomic E-state index is 0.0863. The molecular weight excluding hydrogens is 396 g/mol. The van der Waals surface area contributed by atoms with Gasteiger partial charge in [0, 0.05) is 29.7 Å². The first-order valence-electron chi connectivity index (χ1n) is 9.62. The van der Waals surface area contributed by atoms with E-state index in [1.807, 2.05) is 12.1 Å². The van der Waals surface area contributed by atoms with E-state index in [1.165, 1.54) is 9.87 Å². The van der Waals surface area contributed by atoms with Crippen LogP contribution in [0.4, 0.5) is 5.69 Å². The summed E-state index contributed by atoms with van der Waals surface area (Å²) in [4.78, 5) is 12.9. The lowest BCUT2D eigenvalue weighted by Gasteiger charge is -2.30. The maximum Gasteiger partial charge on any atom is 0.243 e. The molecule has 0 bridgehead atoms. The summed E-state index contributed by atoms with van der Waals surface area (Å²) in [6, 6.07) is 12.5. The number of fused-ring (bicyclic) bond motifs is 1. The van der Waals surface area contributed by atoms with Gasteiger partial charge in [0.05, 0.1) is 4.90 Å². The Morgan fingerprint density at radius 3 is 2.54 bits per heavy atom. The normalized spacial score (nSPS) is 18.0. The van der Waals surface area contributed by atoms with Crippen LogP contribution in [0.25, 0.3) is 0 Å². The first-order valence-corrected chi connectivity index (χ1v) is 11.4. The highest BCUT2D eigenvalue weighted by Crippen LogP contribution is 2.29. The molecule has 148 valence electrons. The molecule has 0 atom stereocenters. The number of nitrogens with zero attached hydrogens (tertiary/aromatic N) is 1. The fourth-order valence-electron chi connectivity index (χ4n) is 4.03. The second-order valence-corrected chi connectivity index (χ2v) is 9.84. The third kappa shape index (κ3) is 3.95. The van der Waals surface area contributed by atoms with Crippen LogP contribution >= 0.6 is 11.6 Å². The lowest BCUT2D eigenvalue weighted by atomic mass is 9.97. The average Bonchev–Trinajstić information content (AvgIpc) is 3.16. The van der Waals surface area contributed by atoms with Gasteiger partial charge < -0.3 is 5.32 Å². The number of amides is 1. The lowest BCUT2D eigenvalue weighted by Crippen LogP contribution is -2.41. The third-order valence-electron chi connectivity index (χ3n) is 5.62. The molecule has 0 spiro atoms. The number of piperidine rings is 1. The van der Waals surface area contributed by atoms with Gasteiger partial charge in [-0.15, -0.1) is 0 Å². The smallest absolute Gasteiger partial charge is 0.243 e. The first kappa shape index (κ1) is 19.4. The fourth-order valence-corrected chi connectivity index (χ4v) is 5.74. The second kappa shape index (κ2) is 7.85. The Kier molecular flexibility index (Phi) is 5.45. The minimum atomic E-state index is -3.51. The van der Waals surface area contributed by atoms with Gasteiger partial charge in [0.25, 0.3) is 0 Å². The Labute approximate surface area is 170 Å². The van der Waals surface area contributed by atoms with E-state index < -0.39 is 10.0 Å². The number of carbonyl (C=O) groups is 1. The molecular formula is C21H23ClN2O3S. The number of nitrogens with one attached hydrogen (secondary N) is 1. The van der Waals surface area contributed by atoms with Gasteiger partial charge in [-0.25, -0.2) is 8.42 Å². The zero-order valence-electron chi connectivity index (χ0n) is 15.5. The van der Waals surface area contributed by atoms with Crippen LogP contribution in [-0.4, -0.2) is 31.7 Å². The average molecular weight is 419 g/mol. The summed E-state index contributed by atoms with van der Waals surface area (Å²) >= 11 is 5.95. The van der Waals surface area contributed by atoms with E-state index >= 15 is 0 Å². The van der Waals surface area contributed by atoms with Gasteiger partial charge in [0.1, 0.15) is 0 Å². The molecule has 0 aromatic heterocycles. The Bertz CT molecular complexity index is 998. The van der Waals surface area contributed by atoms with Crippen LogP contribution in [0.3, 0.4) is 0 Å². The molecule has 2 aromatic rings. The molecule has 1 aliphatic carbocycles. The summed E-state index contributed by atoms with van der Waals surface area (Å²) in [7, 11) is -3.51. The first-order chi connectivity index (χ1) is 13.4. The number of rotatable bonds is 4.